The Balaban J connectivity index is 2.41. The smallest absolute Gasteiger partial charge is 0.0785 e. The van der Waals surface area contributed by atoms with Gasteiger partial charge in [-0.3, -0.25) is 0 Å². The number of anilines is 1. The number of halogens is 1. The maximum atomic E-state index is 9.59. The fourth-order valence-corrected chi connectivity index (χ4v) is 2.80. The second-order valence-corrected chi connectivity index (χ2v) is 5.64. The van der Waals surface area contributed by atoms with E-state index in [9.17, 15) is 5.11 Å². The molecule has 0 aliphatic heterocycles. The number of aliphatic hydroxyl groups excluding tert-OH is 1. The molecule has 1 aromatic heterocycles. The van der Waals surface area contributed by atoms with E-state index in [0.29, 0.717) is 0 Å². The van der Waals surface area contributed by atoms with Gasteiger partial charge >= 0.3 is 0 Å². The van der Waals surface area contributed by atoms with Crippen molar-refractivity contribution in [1.82, 2.24) is 4.98 Å². The summed E-state index contributed by atoms with van der Waals surface area (Å²) in [5, 5.41) is 14.9. The van der Waals surface area contributed by atoms with Crippen molar-refractivity contribution in [2.24, 2.45) is 0 Å². The minimum absolute atomic E-state index is 0.0179. The van der Waals surface area contributed by atoms with Gasteiger partial charge in [0.2, 0.25) is 0 Å². The Morgan fingerprint density at radius 3 is 2.68 bits per heavy atom. The summed E-state index contributed by atoms with van der Waals surface area (Å²) in [5.74, 6) is 0. The quantitative estimate of drug-likeness (QED) is 0.540. The van der Waals surface area contributed by atoms with Gasteiger partial charge in [0.15, 0.2) is 0 Å². The molecule has 0 bridgehead atoms. The average Bonchev–Trinajstić information content (AvgIpc) is 2.43. The molecule has 0 saturated carbocycles. The van der Waals surface area contributed by atoms with Crippen LogP contribution in [0.3, 0.4) is 0 Å². The van der Waals surface area contributed by atoms with E-state index in [2.05, 4.69) is 52.2 Å². The largest absolute Gasteiger partial charge is 0.392 e. The lowest BCUT2D eigenvalue weighted by atomic mass is 10.1. The molecule has 96 valence electrons. The van der Waals surface area contributed by atoms with Gasteiger partial charge in [0.05, 0.1) is 17.6 Å². The van der Waals surface area contributed by atoms with Gasteiger partial charge in [0, 0.05) is 32.6 Å². The van der Waals surface area contributed by atoms with Crippen LogP contribution < -0.4 is 5.32 Å². The molecular weight excluding hydrogens is 351 g/mol. The van der Waals surface area contributed by atoms with Crippen molar-refractivity contribution in [3.05, 3.63) is 45.5 Å². The third kappa shape index (κ3) is 2.15. The SMILES string of the molecule is CNc1ccc2cc3ccc(I)cc3nc2c1CO. The summed E-state index contributed by atoms with van der Waals surface area (Å²) in [4.78, 5) is 4.71. The first-order chi connectivity index (χ1) is 9.22. The van der Waals surface area contributed by atoms with Crippen molar-refractivity contribution in [1.29, 1.82) is 0 Å². The Bertz CT molecular complexity index is 771. The van der Waals surface area contributed by atoms with Gasteiger partial charge in [-0.15, -0.1) is 0 Å². The molecule has 0 aliphatic rings. The first kappa shape index (κ1) is 12.6. The summed E-state index contributed by atoms with van der Waals surface area (Å²) in [6.45, 7) is -0.0179. The Morgan fingerprint density at radius 1 is 1.16 bits per heavy atom. The second-order valence-electron chi connectivity index (χ2n) is 4.40. The molecule has 1 heterocycles. The molecule has 3 aromatic rings. The van der Waals surface area contributed by atoms with E-state index >= 15 is 0 Å². The second kappa shape index (κ2) is 4.94. The molecule has 3 nitrogen and oxygen atoms in total. The van der Waals surface area contributed by atoms with Crippen LogP contribution in [0.4, 0.5) is 5.69 Å². The normalized spacial score (nSPS) is 11.1. The Hall–Kier alpha value is -1.40. The van der Waals surface area contributed by atoms with Crippen molar-refractivity contribution < 1.29 is 5.11 Å². The lowest BCUT2D eigenvalue weighted by Gasteiger charge is -2.11. The van der Waals surface area contributed by atoms with Gasteiger partial charge < -0.3 is 10.4 Å². The van der Waals surface area contributed by atoms with E-state index in [0.717, 1.165) is 36.6 Å². The molecule has 2 aromatic carbocycles. The summed E-state index contributed by atoms with van der Waals surface area (Å²) >= 11 is 2.28. The molecule has 0 amide bonds. The highest BCUT2D eigenvalue weighted by molar-refractivity contribution is 14.1. The maximum absolute atomic E-state index is 9.59. The molecule has 0 spiro atoms. The van der Waals surface area contributed by atoms with E-state index in [1.54, 1.807) is 0 Å². The lowest BCUT2D eigenvalue weighted by molar-refractivity contribution is 0.284. The van der Waals surface area contributed by atoms with Crippen LogP contribution in [0.1, 0.15) is 5.56 Å². The number of rotatable bonds is 2. The van der Waals surface area contributed by atoms with Gasteiger partial charge in [-0.25, -0.2) is 4.98 Å². The van der Waals surface area contributed by atoms with Crippen LogP contribution in [-0.2, 0) is 6.61 Å². The Kier molecular flexibility index (Phi) is 3.28. The maximum Gasteiger partial charge on any atom is 0.0785 e. The number of pyridine rings is 1. The third-order valence-corrected chi connectivity index (χ3v) is 3.95. The molecule has 3 rings (SSSR count). The van der Waals surface area contributed by atoms with E-state index in [1.165, 1.54) is 0 Å². The summed E-state index contributed by atoms with van der Waals surface area (Å²) < 4.78 is 1.16. The van der Waals surface area contributed by atoms with Crippen LogP contribution in [-0.4, -0.2) is 17.1 Å². The standard InChI is InChI=1S/C15H13IN2O/c1-17-13-5-3-10-6-9-2-4-11(16)7-14(9)18-15(10)12(13)8-19/h2-7,17,19H,8H2,1H3. The number of nitrogens with one attached hydrogen (secondary N) is 1. The number of fused-ring (bicyclic) bond motifs is 2. The summed E-state index contributed by atoms with van der Waals surface area (Å²) in [6, 6.07) is 12.3. The summed E-state index contributed by atoms with van der Waals surface area (Å²) in [5.41, 5.74) is 3.60. The predicted molar refractivity (Wildman–Crippen MR) is 87.4 cm³/mol. The van der Waals surface area contributed by atoms with E-state index in [-0.39, 0.29) is 6.61 Å². The number of nitrogens with zero attached hydrogens (tertiary/aromatic N) is 1. The number of benzene rings is 2. The molecule has 19 heavy (non-hydrogen) atoms. The fourth-order valence-electron chi connectivity index (χ4n) is 2.32. The van der Waals surface area contributed by atoms with Gasteiger partial charge in [0.25, 0.3) is 0 Å². The van der Waals surface area contributed by atoms with Crippen molar-refractivity contribution in [3.8, 4) is 0 Å². The van der Waals surface area contributed by atoms with Crippen LogP contribution >= 0.6 is 22.6 Å². The fraction of sp³-hybridized carbons (Fsp3) is 0.133. The van der Waals surface area contributed by atoms with Gasteiger partial charge in [-0.2, -0.15) is 0 Å². The third-order valence-electron chi connectivity index (χ3n) is 3.28. The van der Waals surface area contributed by atoms with E-state index < -0.39 is 0 Å². The Morgan fingerprint density at radius 2 is 1.95 bits per heavy atom. The number of hydrogen-bond acceptors (Lipinski definition) is 3. The van der Waals surface area contributed by atoms with Crippen molar-refractivity contribution >= 4 is 50.1 Å². The molecule has 0 radical (unpaired) electrons. The van der Waals surface area contributed by atoms with Gasteiger partial charge in [0.1, 0.15) is 0 Å². The summed E-state index contributed by atoms with van der Waals surface area (Å²) in [7, 11) is 1.85. The number of aliphatic hydroxyl groups is 1. The van der Waals surface area contributed by atoms with Crippen molar-refractivity contribution in [2.45, 2.75) is 6.61 Å². The van der Waals surface area contributed by atoms with Crippen LogP contribution in [0, 0.1) is 3.57 Å². The van der Waals surface area contributed by atoms with Crippen molar-refractivity contribution in [3.63, 3.8) is 0 Å². The molecule has 0 atom stereocenters. The first-order valence-corrected chi connectivity index (χ1v) is 7.11. The van der Waals surface area contributed by atoms with Gasteiger partial charge in [-0.05, 0) is 46.9 Å². The summed E-state index contributed by atoms with van der Waals surface area (Å²) in [6.07, 6.45) is 0. The number of aromatic nitrogens is 1. The molecule has 0 aliphatic carbocycles. The van der Waals surface area contributed by atoms with E-state index in [1.807, 2.05) is 19.2 Å². The molecule has 0 fully saturated rings. The molecule has 0 saturated heterocycles. The van der Waals surface area contributed by atoms with Gasteiger partial charge in [-0.1, -0.05) is 12.1 Å². The Labute approximate surface area is 124 Å². The molecular formula is C15H13IN2O. The monoisotopic (exact) mass is 364 g/mol. The van der Waals surface area contributed by atoms with Crippen LogP contribution in [0.25, 0.3) is 21.8 Å². The zero-order valence-electron chi connectivity index (χ0n) is 10.4. The van der Waals surface area contributed by atoms with Crippen LogP contribution in [0.2, 0.25) is 0 Å². The highest BCUT2D eigenvalue weighted by Crippen LogP contribution is 2.28. The molecule has 4 heteroatoms. The number of hydrogen-bond donors (Lipinski definition) is 2. The lowest BCUT2D eigenvalue weighted by Crippen LogP contribution is -1.98. The minimum Gasteiger partial charge on any atom is -0.392 e. The van der Waals surface area contributed by atoms with Crippen molar-refractivity contribution in [2.75, 3.05) is 12.4 Å². The molecule has 0 unspecified atom stereocenters. The van der Waals surface area contributed by atoms with Crippen LogP contribution in [0.5, 0.6) is 0 Å². The first-order valence-electron chi connectivity index (χ1n) is 6.03. The minimum atomic E-state index is -0.0179. The predicted octanol–water partition coefficient (Wildman–Crippen LogP) is 3.53. The topological polar surface area (TPSA) is 45.2 Å². The average molecular weight is 364 g/mol. The zero-order chi connectivity index (χ0) is 13.4. The van der Waals surface area contributed by atoms with Crippen LogP contribution in [0.15, 0.2) is 36.4 Å². The zero-order valence-corrected chi connectivity index (χ0v) is 12.6. The highest BCUT2D eigenvalue weighted by Gasteiger charge is 2.08. The van der Waals surface area contributed by atoms with E-state index in [4.69, 9.17) is 4.98 Å². The molecule has 2 N–H and O–H groups in total. The highest BCUT2D eigenvalue weighted by atomic mass is 127.